The molecule has 3 aromatic rings. The molecule has 2 aliphatic rings. The third-order valence-corrected chi connectivity index (χ3v) is 7.84. The highest BCUT2D eigenvalue weighted by molar-refractivity contribution is 7.90. The standard InChI is InChI=1S/C26H23F3N2O4S/c27-26(28,29)35-19-11-13-20(14-12-19)36(33,34)30-21-15-16-24(25(21)32)31-22-7-3-1-5-17(22)9-10-18-6-2-4-8-23(18)31/h1-8,11-14,24-25,32H,9-10,15-16H2/t24-,25-/m1/s1. The summed E-state index contributed by atoms with van der Waals surface area (Å²) in [7, 11) is -4.25. The van der Waals surface area contributed by atoms with E-state index in [2.05, 4.69) is 26.2 Å². The summed E-state index contributed by atoms with van der Waals surface area (Å²) in [6.45, 7) is 0. The number of aliphatic hydroxyl groups excluding tert-OH is 1. The fourth-order valence-electron chi connectivity index (χ4n) is 4.88. The molecule has 0 unspecified atom stereocenters. The zero-order chi connectivity index (χ0) is 25.5. The van der Waals surface area contributed by atoms with Gasteiger partial charge in [0.1, 0.15) is 11.9 Å². The maximum atomic E-state index is 12.9. The second-order valence-corrected chi connectivity index (χ2v) is 10.4. The van der Waals surface area contributed by atoms with Crippen LogP contribution in [0.5, 0.6) is 5.75 Å². The van der Waals surface area contributed by atoms with Crippen molar-refractivity contribution in [3.63, 3.8) is 0 Å². The van der Waals surface area contributed by atoms with Gasteiger partial charge in [-0.3, -0.25) is 0 Å². The average molecular weight is 517 g/mol. The number of sulfonamides is 1. The number of hydrogen-bond donors (Lipinski definition) is 1. The van der Waals surface area contributed by atoms with E-state index in [-0.39, 0.29) is 17.0 Å². The first kappa shape index (κ1) is 24.3. The molecule has 1 fully saturated rings. The number of nitrogens with zero attached hydrogens (tertiary/aromatic N) is 2. The van der Waals surface area contributed by atoms with Gasteiger partial charge < -0.3 is 14.7 Å². The highest BCUT2D eigenvalue weighted by atomic mass is 32.2. The minimum atomic E-state index is -4.88. The summed E-state index contributed by atoms with van der Waals surface area (Å²) in [6, 6.07) is 19.3. The van der Waals surface area contributed by atoms with Crippen LogP contribution in [0.1, 0.15) is 24.0 Å². The third kappa shape index (κ3) is 4.83. The lowest BCUT2D eigenvalue weighted by atomic mass is 10.0. The molecule has 0 bridgehead atoms. The van der Waals surface area contributed by atoms with Crippen LogP contribution in [-0.2, 0) is 22.9 Å². The lowest BCUT2D eigenvalue weighted by Gasteiger charge is -2.34. The number of hydrogen-bond acceptors (Lipinski definition) is 5. The first-order valence-corrected chi connectivity index (χ1v) is 12.9. The number of anilines is 2. The van der Waals surface area contributed by atoms with Crippen LogP contribution in [-0.4, -0.2) is 37.7 Å². The van der Waals surface area contributed by atoms with Gasteiger partial charge in [-0.15, -0.1) is 13.2 Å². The summed E-state index contributed by atoms with van der Waals surface area (Å²) >= 11 is 0. The van der Waals surface area contributed by atoms with E-state index in [0.717, 1.165) is 59.6 Å². The number of para-hydroxylation sites is 2. The monoisotopic (exact) mass is 516 g/mol. The lowest BCUT2D eigenvalue weighted by molar-refractivity contribution is -0.274. The molecule has 1 saturated carbocycles. The Morgan fingerprint density at radius 1 is 0.861 bits per heavy atom. The van der Waals surface area contributed by atoms with Gasteiger partial charge in [0.15, 0.2) is 0 Å². The fraction of sp³-hybridized carbons (Fsp3) is 0.269. The first-order chi connectivity index (χ1) is 17.1. The number of aliphatic hydroxyl groups is 1. The number of alkyl halides is 3. The molecule has 1 aliphatic heterocycles. The molecular weight excluding hydrogens is 493 g/mol. The lowest BCUT2D eigenvalue weighted by Crippen LogP contribution is -2.40. The molecule has 36 heavy (non-hydrogen) atoms. The number of aryl methyl sites for hydroxylation is 2. The average Bonchev–Trinajstić information content (AvgIpc) is 3.08. The largest absolute Gasteiger partial charge is 0.573 e. The van der Waals surface area contributed by atoms with Gasteiger partial charge in [0.25, 0.3) is 10.0 Å². The van der Waals surface area contributed by atoms with Gasteiger partial charge in [0.05, 0.1) is 16.6 Å². The summed E-state index contributed by atoms with van der Waals surface area (Å²) in [6.07, 6.45) is -3.59. The number of fused-ring (bicyclic) bond motifs is 2. The van der Waals surface area contributed by atoms with Crippen LogP contribution in [0.15, 0.2) is 82.1 Å². The van der Waals surface area contributed by atoms with E-state index in [1.54, 1.807) is 0 Å². The molecule has 0 radical (unpaired) electrons. The Kier molecular flexibility index (Phi) is 6.25. The maximum Gasteiger partial charge on any atom is 0.573 e. The van der Waals surface area contributed by atoms with Crippen molar-refractivity contribution in [2.45, 2.75) is 49.1 Å². The molecule has 2 atom stereocenters. The Hall–Kier alpha value is -3.37. The third-order valence-electron chi connectivity index (χ3n) is 6.49. The predicted molar refractivity (Wildman–Crippen MR) is 129 cm³/mol. The quantitative estimate of drug-likeness (QED) is 0.517. The summed E-state index contributed by atoms with van der Waals surface area (Å²) < 4.78 is 70.7. The summed E-state index contributed by atoms with van der Waals surface area (Å²) in [5.74, 6) is -0.534. The molecule has 1 heterocycles. The zero-order valence-corrected chi connectivity index (χ0v) is 19.8. The number of ether oxygens (including phenoxy) is 1. The zero-order valence-electron chi connectivity index (χ0n) is 19.0. The van der Waals surface area contributed by atoms with Crippen molar-refractivity contribution in [2.24, 2.45) is 4.40 Å². The Balaban J connectivity index is 1.45. The molecule has 0 aromatic heterocycles. The van der Waals surface area contributed by atoms with Crippen molar-refractivity contribution in [1.82, 2.24) is 0 Å². The van der Waals surface area contributed by atoms with E-state index in [9.17, 15) is 26.7 Å². The molecule has 1 aliphatic carbocycles. The Bertz CT molecular complexity index is 1360. The van der Waals surface area contributed by atoms with Gasteiger partial charge >= 0.3 is 6.36 Å². The number of halogens is 3. The van der Waals surface area contributed by atoms with Crippen LogP contribution in [0.4, 0.5) is 24.5 Å². The van der Waals surface area contributed by atoms with E-state index < -0.39 is 34.3 Å². The molecule has 188 valence electrons. The SMILES string of the molecule is O=S(=O)(N=C1CC[C@@H](N2c3ccccc3CCc3ccccc32)[C@@H]1O)c1ccc(OC(F)(F)F)cc1. The molecular formula is C26H23F3N2O4S. The van der Waals surface area contributed by atoms with Crippen molar-refractivity contribution in [2.75, 3.05) is 4.90 Å². The van der Waals surface area contributed by atoms with E-state index >= 15 is 0 Å². The van der Waals surface area contributed by atoms with Gasteiger partial charge in [-0.25, -0.2) is 0 Å². The normalized spacial score (nSPS) is 21.1. The van der Waals surface area contributed by atoms with Crippen LogP contribution >= 0.6 is 0 Å². The second-order valence-electron chi connectivity index (χ2n) is 8.76. The van der Waals surface area contributed by atoms with Gasteiger partial charge in [-0.05, 0) is 73.2 Å². The molecule has 0 amide bonds. The van der Waals surface area contributed by atoms with Gasteiger partial charge in [-0.2, -0.15) is 12.8 Å². The molecule has 1 N–H and O–H groups in total. The van der Waals surface area contributed by atoms with Gasteiger partial charge in [-0.1, -0.05) is 36.4 Å². The Morgan fingerprint density at radius 3 is 1.97 bits per heavy atom. The van der Waals surface area contributed by atoms with Crippen LogP contribution in [0.25, 0.3) is 0 Å². The van der Waals surface area contributed by atoms with Crippen molar-refractivity contribution >= 4 is 27.1 Å². The Labute approximate surface area is 206 Å². The summed E-state index contributed by atoms with van der Waals surface area (Å²) in [5.41, 5.74) is 4.33. The molecule has 3 aromatic carbocycles. The number of rotatable bonds is 4. The van der Waals surface area contributed by atoms with E-state index in [4.69, 9.17) is 0 Å². The van der Waals surface area contributed by atoms with E-state index in [0.29, 0.717) is 6.42 Å². The van der Waals surface area contributed by atoms with E-state index in [1.807, 2.05) is 36.4 Å². The minimum Gasteiger partial charge on any atom is -0.406 e. The minimum absolute atomic E-state index is 0.120. The van der Waals surface area contributed by atoms with Crippen LogP contribution in [0.3, 0.4) is 0 Å². The molecule has 5 rings (SSSR count). The van der Waals surface area contributed by atoms with Gasteiger partial charge in [0, 0.05) is 11.4 Å². The van der Waals surface area contributed by atoms with Gasteiger partial charge in [0.2, 0.25) is 0 Å². The highest BCUT2D eigenvalue weighted by Gasteiger charge is 2.39. The molecule has 6 nitrogen and oxygen atoms in total. The van der Waals surface area contributed by atoms with Crippen molar-refractivity contribution < 1.29 is 31.4 Å². The molecule has 0 saturated heterocycles. The molecule has 0 spiro atoms. The molecule has 10 heteroatoms. The smallest absolute Gasteiger partial charge is 0.406 e. The second kappa shape index (κ2) is 9.25. The highest BCUT2D eigenvalue weighted by Crippen LogP contribution is 2.41. The van der Waals surface area contributed by atoms with Crippen molar-refractivity contribution in [1.29, 1.82) is 0 Å². The summed E-state index contributed by atoms with van der Waals surface area (Å²) in [4.78, 5) is 1.80. The topological polar surface area (TPSA) is 79.2 Å². The van der Waals surface area contributed by atoms with Crippen molar-refractivity contribution in [3.8, 4) is 5.75 Å². The predicted octanol–water partition coefficient (Wildman–Crippen LogP) is 5.18. The number of benzene rings is 3. The van der Waals surface area contributed by atoms with Crippen LogP contribution < -0.4 is 9.64 Å². The fourth-order valence-corrected chi connectivity index (χ4v) is 5.98. The van der Waals surface area contributed by atoms with Crippen LogP contribution in [0.2, 0.25) is 0 Å². The van der Waals surface area contributed by atoms with E-state index in [1.165, 1.54) is 0 Å². The van der Waals surface area contributed by atoms with Crippen molar-refractivity contribution in [3.05, 3.63) is 83.9 Å². The summed E-state index contributed by atoms with van der Waals surface area (Å²) in [5, 5.41) is 11.2. The Morgan fingerprint density at radius 2 is 1.42 bits per heavy atom. The first-order valence-electron chi connectivity index (χ1n) is 11.4. The maximum absolute atomic E-state index is 12.9. The van der Waals surface area contributed by atoms with Crippen LogP contribution in [0, 0.1) is 0 Å².